The maximum atomic E-state index is 12.5. The number of halogens is 1. The molecule has 2 unspecified atom stereocenters. The smallest absolute Gasteiger partial charge is 0.251 e. The standard InChI is InChI=1S/C24H31ClN2O4/c1-17-14-27(15-18(2)31-17)12-6-11-26-24(28)19-9-10-22(23(13-19)29-3)30-16-20-7-4-5-8-21(20)25/h4-5,7-10,13,17-18H,6,11-12,14-16H2,1-3H3,(H,26,28). The lowest BCUT2D eigenvalue weighted by molar-refractivity contribution is -0.0679. The van der Waals surface area contributed by atoms with E-state index in [1.165, 1.54) is 0 Å². The maximum Gasteiger partial charge on any atom is 0.251 e. The molecule has 7 heteroatoms. The SMILES string of the molecule is COc1cc(C(=O)NCCCN2CC(C)OC(C)C2)ccc1OCc1ccccc1Cl. The van der Waals surface area contributed by atoms with Crippen molar-refractivity contribution >= 4 is 17.5 Å². The van der Waals surface area contributed by atoms with Gasteiger partial charge in [0.2, 0.25) is 0 Å². The number of amides is 1. The second-order valence-corrected chi connectivity index (χ2v) is 8.28. The Morgan fingerprint density at radius 3 is 2.61 bits per heavy atom. The van der Waals surface area contributed by atoms with Gasteiger partial charge >= 0.3 is 0 Å². The number of hydrogen-bond acceptors (Lipinski definition) is 5. The quantitative estimate of drug-likeness (QED) is 0.586. The van der Waals surface area contributed by atoms with Crippen molar-refractivity contribution in [3.63, 3.8) is 0 Å². The summed E-state index contributed by atoms with van der Waals surface area (Å²) >= 11 is 6.18. The monoisotopic (exact) mass is 446 g/mol. The van der Waals surface area contributed by atoms with E-state index in [1.807, 2.05) is 24.3 Å². The Hall–Kier alpha value is -2.28. The first-order valence-corrected chi connectivity index (χ1v) is 11.0. The summed E-state index contributed by atoms with van der Waals surface area (Å²) in [6, 6.07) is 12.7. The van der Waals surface area contributed by atoms with Crippen molar-refractivity contribution in [1.82, 2.24) is 10.2 Å². The molecule has 0 radical (unpaired) electrons. The largest absolute Gasteiger partial charge is 0.493 e. The van der Waals surface area contributed by atoms with Gasteiger partial charge in [-0.1, -0.05) is 29.8 Å². The van der Waals surface area contributed by atoms with Crippen LogP contribution in [0.3, 0.4) is 0 Å². The van der Waals surface area contributed by atoms with Gasteiger partial charge in [-0.25, -0.2) is 0 Å². The zero-order chi connectivity index (χ0) is 22.2. The van der Waals surface area contributed by atoms with E-state index in [-0.39, 0.29) is 18.1 Å². The summed E-state index contributed by atoms with van der Waals surface area (Å²) in [5, 5.41) is 3.64. The molecule has 1 aliphatic heterocycles. The summed E-state index contributed by atoms with van der Waals surface area (Å²) in [5.41, 5.74) is 1.42. The summed E-state index contributed by atoms with van der Waals surface area (Å²) in [7, 11) is 1.56. The average molecular weight is 447 g/mol. The van der Waals surface area contributed by atoms with Crippen molar-refractivity contribution in [1.29, 1.82) is 0 Å². The van der Waals surface area contributed by atoms with Crippen LogP contribution in [0.1, 0.15) is 36.2 Å². The number of morpholine rings is 1. The Kier molecular flexibility index (Phi) is 8.58. The zero-order valence-electron chi connectivity index (χ0n) is 18.4. The normalized spacial score (nSPS) is 19.1. The minimum Gasteiger partial charge on any atom is -0.493 e. The van der Waals surface area contributed by atoms with Crippen molar-refractivity contribution in [2.75, 3.05) is 33.3 Å². The van der Waals surface area contributed by atoms with E-state index < -0.39 is 0 Å². The molecule has 1 saturated heterocycles. The van der Waals surface area contributed by atoms with E-state index in [0.29, 0.717) is 35.2 Å². The fraction of sp³-hybridized carbons (Fsp3) is 0.458. The Labute approximate surface area is 189 Å². The van der Waals surface area contributed by atoms with E-state index in [0.717, 1.165) is 31.6 Å². The molecule has 2 atom stereocenters. The number of carbonyl (C=O) groups excluding carboxylic acids is 1. The maximum absolute atomic E-state index is 12.5. The number of methoxy groups -OCH3 is 1. The predicted octanol–water partition coefficient (Wildman–Crippen LogP) is 4.16. The van der Waals surface area contributed by atoms with Crippen molar-refractivity contribution in [3.8, 4) is 11.5 Å². The molecule has 0 saturated carbocycles. The summed E-state index contributed by atoms with van der Waals surface area (Å²) in [4.78, 5) is 14.9. The molecule has 0 aromatic heterocycles. The molecule has 1 amide bonds. The second kappa shape index (κ2) is 11.4. The van der Waals surface area contributed by atoms with Crippen molar-refractivity contribution in [2.45, 2.75) is 39.1 Å². The Morgan fingerprint density at radius 1 is 1.16 bits per heavy atom. The molecule has 31 heavy (non-hydrogen) atoms. The number of carbonyl (C=O) groups is 1. The van der Waals surface area contributed by atoms with Crippen LogP contribution >= 0.6 is 11.6 Å². The van der Waals surface area contributed by atoms with Crippen LogP contribution in [0.25, 0.3) is 0 Å². The molecule has 3 rings (SSSR count). The highest BCUT2D eigenvalue weighted by atomic mass is 35.5. The molecule has 0 spiro atoms. The molecule has 168 valence electrons. The number of benzene rings is 2. The molecule has 0 aliphatic carbocycles. The van der Waals surface area contributed by atoms with Crippen molar-refractivity contribution < 1.29 is 19.0 Å². The summed E-state index contributed by atoms with van der Waals surface area (Å²) in [6.45, 7) is 7.94. The van der Waals surface area contributed by atoms with Crippen molar-refractivity contribution in [3.05, 3.63) is 58.6 Å². The molecule has 1 fully saturated rings. The number of hydrogen-bond donors (Lipinski definition) is 1. The second-order valence-electron chi connectivity index (χ2n) is 7.87. The molecular weight excluding hydrogens is 416 g/mol. The van der Waals surface area contributed by atoms with E-state index >= 15 is 0 Å². The van der Waals surface area contributed by atoms with Crippen LogP contribution in [0, 0.1) is 0 Å². The van der Waals surface area contributed by atoms with Gasteiger partial charge in [-0.05, 0) is 44.5 Å². The number of nitrogens with one attached hydrogen (secondary N) is 1. The number of ether oxygens (including phenoxy) is 3. The summed E-state index contributed by atoms with van der Waals surface area (Å²) in [5.74, 6) is 0.949. The van der Waals surface area contributed by atoms with Gasteiger partial charge in [0.25, 0.3) is 5.91 Å². The Bertz CT molecular complexity index is 866. The number of nitrogens with zero attached hydrogens (tertiary/aromatic N) is 1. The highest BCUT2D eigenvalue weighted by Crippen LogP contribution is 2.29. The van der Waals surface area contributed by atoms with Gasteiger partial charge in [0.05, 0.1) is 19.3 Å². The van der Waals surface area contributed by atoms with Gasteiger partial charge in [0.15, 0.2) is 11.5 Å². The third kappa shape index (κ3) is 6.86. The van der Waals surface area contributed by atoms with Crippen molar-refractivity contribution in [2.24, 2.45) is 0 Å². The van der Waals surface area contributed by atoms with Crippen LogP contribution in [0.15, 0.2) is 42.5 Å². The molecule has 1 N–H and O–H groups in total. The Morgan fingerprint density at radius 2 is 1.90 bits per heavy atom. The fourth-order valence-electron chi connectivity index (χ4n) is 3.77. The molecule has 1 aliphatic rings. The van der Waals surface area contributed by atoms with Gasteiger partial charge in [-0.2, -0.15) is 0 Å². The Balaban J connectivity index is 1.49. The van der Waals surface area contributed by atoms with Crippen LogP contribution < -0.4 is 14.8 Å². The predicted molar refractivity (Wildman–Crippen MR) is 122 cm³/mol. The third-order valence-corrected chi connectivity index (χ3v) is 5.57. The summed E-state index contributed by atoms with van der Waals surface area (Å²) in [6.07, 6.45) is 1.40. The van der Waals surface area contributed by atoms with Crippen LogP contribution in [0.5, 0.6) is 11.5 Å². The minimum absolute atomic E-state index is 0.125. The lowest BCUT2D eigenvalue weighted by Gasteiger charge is -2.35. The van der Waals surface area contributed by atoms with Gasteiger partial charge in [0, 0.05) is 42.3 Å². The van der Waals surface area contributed by atoms with E-state index in [9.17, 15) is 4.79 Å². The first kappa shape index (κ1) is 23.4. The van der Waals surface area contributed by atoms with E-state index in [2.05, 4.69) is 24.1 Å². The first-order chi connectivity index (χ1) is 15.0. The highest BCUT2D eigenvalue weighted by Gasteiger charge is 2.21. The molecule has 2 aromatic rings. The minimum atomic E-state index is -0.125. The molecule has 6 nitrogen and oxygen atoms in total. The molecule has 1 heterocycles. The van der Waals surface area contributed by atoms with Crippen LogP contribution in [0.4, 0.5) is 0 Å². The molecular formula is C24H31ClN2O4. The van der Waals surface area contributed by atoms with Gasteiger partial charge in [-0.3, -0.25) is 9.69 Å². The van der Waals surface area contributed by atoms with Crippen LogP contribution in [-0.2, 0) is 11.3 Å². The topological polar surface area (TPSA) is 60.0 Å². The molecule has 0 bridgehead atoms. The zero-order valence-corrected chi connectivity index (χ0v) is 19.2. The number of rotatable bonds is 9. The lowest BCUT2D eigenvalue weighted by Crippen LogP contribution is -2.46. The average Bonchev–Trinajstić information content (AvgIpc) is 2.75. The highest BCUT2D eigenvalue weighted by molar-refractivity contribution is 6.31. The van der Waals surface area contributed by atoms with E-state index in [1.54, 1.807) is 25.3 Å². The first-order valence-electron chi connectivity index (χ1n) is 10.7. The molecule has 2 aromatic carbocycles. The van der Waals surface area contributed by atoms with Crippen LogP contribution in [-0.4, -0.2) is 56.3 Å². The van der Waals surface area contributed by atoms with Gasteiger partial charge in [0.1, 0.15) is 6.61 Å². The lowest BCUT2D eigenvalue weighted by atomic mass is 10.1. The van der Waals surface area contributed by atoms with Crippen LogP contribution in [0.2, 0.25) is 5.02 Å². The fourth-order valence-corrected chi connectivity index (χ4v) is 3.96. The summed E-state index contributed by atoms with van der Waals surface area (Å²) < 4.78 is 17.0. The van der Waals surface area contributed by atoms with Gasteiger partial charge in [-0.15, -0.1) is 0 Å². The van der Waals surface area contributed by atoms with Gasteiger partial charge < -0.3 is 19.5 Å². The van der Waals surface area contributed by atoms with E-state index in [4.69, 9.17) is 25.8 Å². The third-order valence-electron chi connectivity index (χ3n) is 5.20.